The first-order valence-electron chi connectivity index (χ1n) is 17.0. The molecule has 0 aliphatic heterocycles. The molecule has 6 nitrogen and oxygen atoms in total. The van der Waals surface area contributed by atoms with Gasteiger partial charge in [-0.2, -0.15) is 9.97 Å². The number of nitrogens with zero attached hydrogens (tertiary/aromatic N) is 5. The summed E-state index contributed by atoms with van der Waals surface area (Å²) < 4.78 is 10.9. The molecule has 4 heterocycles. The highest BCUT2D eigenvalue weighted by Crippen LogP contribution is 2.42. The van der Waals surface area contributed by atoms with Crippen LogP contribution in [0.25, 0.3) is 100.0 Å². The van der Waals surface area contributed by atoms with E-state index in [9.17, 15) is 0 Å². The van der Waals surface area contributed by atoms with Crippen LogP contribution < -0.4 is 0 Å². The smallest absolute Gasteiger partial charge is 0.238 e. The van der Waals surface area contributed by atoms with Gasteiger partial charge < -0.3 is 8.98 Å². The van der Waals surface area contributed by atoms with Crippen molar-refractivity contribution >= 4 is 65.6 Å². The summed E-state index contributed by atoms with van der Waals surface area (Å²) in [5, 5.41) is 6.60. The fraction of sp³-hybridized carbons (Fsp3) is 0. The van der Waals surface area contributed by atoms with Gasteiger partial charge in [-0.3, -0.25) is 4.57 Å². The number of para-hydroxylation sites is 4. The van der Waals surface area contributed by atoms with E-state index in [4.69, 9.17) is 19.4 Å². The second-order valence-corrected chi connectivity index (χ2v) is 12.8. The monoisotopic (exact) mass is 653 g/mol. The molecule has 7 aromatic carbocycles. The molecule has 0 spiro atoms. The molecule has 0 fully saturated rings. The standard InChI is InChI=1S/C45H27N5O/c1-3-14-28(15-4-1)43-46-44(34-21-13-25-39-40(34)33-20-9-12-24-38(33)51-39)48-45(47-43)50-35-22-10-7-18-30(35)31-26-27-37-41(42(31)50)32-19-8-11-23-36(32)49(37)29-16-5-2-6-17-29/h1-27H. The fourth-order valence-corrected chi connectivity index (χ4v) is 7.83. The second-order valence-electron chi connectivity index (χ2n) is 12.8. The van der Waals surface area contributed by atoms with Crippen molar-refractivity contribution in [3.63, 3.8) is 0 Å². The lowest BCUT2D eigenvalue weighted by Crippen LogP contribution is -2.06. The summed E-state index contributed by atoms with van der Waals surface area (Å²) in [5.41, 5.74) is 8.89. The molecule has 0 saturated heterocycles. The van der Waals surface area contributed by atoms with Crippen LogP contribution >= 0.6 is 0 Å². The number of hydrogen-bond acceptors (Lipinski definition) is 4. The van der Waals surface area contributed by atoms with Crippen LogP contribution in [0.2, 0.25) is 0 Å². The van der Waals surface area contributed by atoms with Gasteiger partial charge in [0.15, 0.2) is 11.6 Å². The first kappa shape index (κ1) is 27.9. The molecule has 0 radical (unpaired) electrons. The zero-order chi connectivity index (χ0) is 33.5. The highest BCUT2D eigenvalue weighted by atomic mass is 16.3. The second kappa shape index (κ2) is 10.7. The van der Waals surface area contributed by atoms with E-state index >= 15 is 0 Å². The van der Waals surface area contributed by atoms with Crippen molar-refractivity contribution < 1.29 is 4.42 Å². The van der Waals surface area contributed by atoms with Crippen molar-refractivity contribution in [2.45, 2.75) is 0 Å². The summed E-state index contributed by atoms with van der Waals surface area (Å²) in [6.07, 6.45) is 0. The molecule has 0 bridgehead atoms. The SMILES string of the molecule is c1ccc(-c2nc(-c3cccc4oc5ccccc5c34)nc(-n3c4ccccc4c4ccc5c(c6ccccc6n5-c5ccccc5)c43)n2)cc1. The van der Waals surface area contributed by atoms with E-state index in [-0.39, 0.29) is 0 Å². The third-order valence-corrected chi connectivity index (χ3v) is 9.98. The zero-order valence-corrected chi connectivity index (χ0v) is 27.2. The third-order valence-electron chi connectivity index (χ3n) is 9.98. The Kier molecular flexibility index (Phi) is 5.86. The predicted molar refractivity (Wildman–Crippen MR) is 207 cm³/mol. The normalized spacial score (nSPS) is 11.9. The number of aromatic nitrogens is 5. The van der Waals surface area contributed by atoms with Gasteiger partial charge in [0.1, 0.15) is 11.2 Å². The minimum absolute atomic E-state index is 0.555. The van der Waals surface area contributed by atoms with Crippen molar-refractivity contribution in [2.24, 2.45) is 0 Å². The van der Waals surface area contributed by atoms with E-state index in [1.165, 1.54) is 5.39 Å². The fourth-order valence-electron chi connectivity index (χ4n) is 7.83. The Morgan fingerprint density at radius 1 is 0.392 bits per heavy atom. The van der Waals surface area contributed by atoms with Crippen LogP contribution in [0.5, 0.6) is 0 Å². The topological polar surface area (TPSA) is 61.7 Å². The molecule has 11 aromatic rings. The molecule has 0 unspecified atom stereocenters. The van der Waals surface area contributed by atoms with Crippen molar-refractivity contribution in [1.29, 1.82) is 0 Å². The van der Waals surface area contributed by atoms with Crippen LogP contribution in [-0.4, -0.2) is 24.1 Å². The molecular formula is C45H27N5O. The molecule has 0 atom stereocenters. The summed E-state index contributed by atoms with van der Waals surface area (Å²) >= 11 is 0. The quantitative estimate of drug-likeness (QED) is 0.190. The van der Waals surface area contributed by atoms with Gasteiger partial charge in [-0.05, 0) is 42.5 Å². The molecule has 6 heteroatoms. The molecule has 0 saturated carbocycles. The lowest BCUT2D eigenvalue weighted by molar-refractivity contribution is 0.669. The van der Waals surface area contributed by atoms with Gasteiger partial charge in [-0.25, -0.2) is 4.98 Å². The Bertz CT molecular complexity index is 3140. The Morgan fingerprint density at radius 3 is 1.86 bits per heavy atom. The number of fused-ring (bicyclic) bond motifs is 10. The summed E-state index contributed by atoms with van der Waals surface area (Å²) in [6, 6.07) is 56.6. The maximum absolute atomic E-state index is 6.30. The van der Waals surface area contributed by atoms with Crippen LogP contribution in [-0.2, 0) is 0 Å². The molecule has 238 valence electrons. The summed E-state index contributed by atoms with van der Waals surface area (Å²) in [4.78, 5) is 15.8. The lowest BCUT2D eigenvalue weighted by atomic mass is 10.1. The molecule has 11 rings (SSSR count). The maximum Gasteiger partial charge on any atom is 0.238 e. The summed E-state index contributed by atoms with van der Waals surface area (Å²) in [6.45, 7) is 0. The summed E-state index contributed by atoms with van der Waals surface area (Å²) in [5.74, 6) is 1.74. The third kappa shape index (κ3) is 4.07. The Morgan fingerprint density at radius 2 is 1.04 bits per heavy atom. The number of benzene rings is 7. The van der Waals surface area contributed by atoms with Gasteiger partial charge in [0.05, 0.1) is 22.1 Å². The van der Waals surface area contributed by atoms with Gasteiger partial charge in [-0.15, -0.1) is 0 Å². The molecule has 51 heavy (non-hydrogen) atoms. The molecule has 0 amide bonds. The molecule has 4 aromatic heterocycles. The molecule has 0 aliphatic rings. The number of rotatable bonds is 4. The van der Waals surface area contributed by atoms with Crippen LogP contribution in [0.15, 0.2) is 168 Å². The van der Waals surface area contributed by atoms with Gasteiger partial charge in [-0.1, -0.05) is 121 Å². The van der Waals surface area contributed by atoms with Crippen molar-refractivity contribution in [2.75, 3.05) is 0 Å². The Hall–Kier alpha value is -7.05. The predicted octanol–water partition coefficient (Wildman–Crippen LogP) is 11.3. The zero-order valence-electron chi connectivity index (χ0n) is 27.2. The Balaban J connectivity index is 1.30. The van der Waals surface area contributed by atoms with E-state index in [1.807, 2.05) is 60.7 Å². The highest BCUT2D eigenvalue weighted by molar-refractivity contribution is 6.26. The molecule has 0 aliphatic carbocycles. The Labute approximate surface area is 291 Å². The van der Waals surface area contributed by atoms with E-state index in [0.29, 0.717) is 17.6 Å². The van der Waals surface area contributed by atoms with Crippen molar-refractivity contribution in [1.82, 2.24) is 24.1 Å². The minimum Gasteiger partial charge on any atom is -0.456 e. The first-order valence-corrected chi connectivity index (χ1v) is 17.0. The van der Waals surface area contributed by atoms with Crippen LogP contribution in [0, 0.1) is 0 Å². The lowest BCUT2D eigenvalue weighted by Gasteiger charge is -2.12. The van der Waals surface area contributed by atoms with E-state index in [2.05, 4.69) is 112 Å². The number of hydrogen-bond donors (Lipinski definition) is 0. The van der Waals surface area contributed by atoms with Gasteiger partial charge in [0.2, 0.25) is 5.95 Å². The van der Waals surface area contributed by atoms with Gasteiger partial charge >= 0.3 is 0 Å². The van der Waals surface area contributed by atoms with Crippen LogP contribution in [0.3, 0.4) is 0 Å². The van der Waals surface area contributed by atoms with Gasteiger partial charge in [0, 0.05) is 49.1 Å². The largest absolute Gasteiger partial charge is 0.456 e. The van der Waals surface area contributed by atoms with E-state index in [1.54, 1.807) is 0 Å². The minimum atomic E-state index is 0.555. The van der Waals surface area contributed by atoms with Crippen LogP contribution in [0.4, 0.5) is 0 Å². The van der Waals surface area contributed by atoms with Crippen molar-refractivity contribution in [3.8, 4) is 34.4 Å². The number of furan rings is 1. The van der Waals surface area contributed by atoms with Crippen LogP contribution in [0.1, 0.15) is 0 Å². The molecule has 0 N–H and O–H groups in total. The van der Waals surface area contributed by atoms with Crippen molar-refractivity contribution in [3.05, 3.63) is 164 Å². The first-order chi connectivity index (χ1) is 25.3. The van der Waals surface area contributed by atoms with Gasteiger partial charge in [0.25, 0.3) is 0 Å². The molecular weight excluding hydrogens is 627 g/mol. The average molecular weight is 654 g/mol. The summed E-state index contributed by atoms with van der Waals surface area (Å²) in [7, 11) is 0. The van der Waals surface area contributed by atoms with E-state index < -0.39 is 0 Å². The van der Waals surface area contributed by atoms with E-state index in [0.717, 1.165) is 77.0 Å². The highest BCUT2D eigenvalue weighted by Gasteiger charge is 2.24. The maximum atomic E-state index is 6.30. The average Bonchev–Trinajstić information content (AvgIpc) is 3.86.